The highest BCUT2D eigenvalue weighted by Crippen LogP contribution is 2.25. The molecule has 1 heterocycles. The second-order valence-corrected chi connectivity index (χ2v) is 5.82. The van der Waals surface area contributed by atoms with Gasteiger partial charge in [0.1, 0.15) is 11.6 Å². The van der Waals surface area contributed by atoms with Gasteiger partial charge in [0, 0.05) is 5.56 Å². The van der Waals surface area contributed by atoms with Crippen LogP contribution < -0.4 is 15.2 Å². The molecular weight excluding hydrogens is 280 g/mol. The van der Waals surface area contributed by atoms with Crippen molar-refractivity contribution in [3.05, 3.63) is 30.0 Å². The Balaban J connectivity index is 2.33. The standard InChI is InChI=1S/C12H16N4O3S/c1-3-8-7-14-15-12(8)16-20(17,18)9-4-5-11(19-2)10(13)6-9/h4-7H,3,13H2,1-2H3,(H2,14,15,16). The maximum absolute atomic E-state index is 12.3. The lowest BCUT2D eigenvalue weighted by atomic mass is 10.3. The first-order valence-electron chi connectivity index (χ1n) is 5.96. The first kappa shape index (κ1) is 14.2. The van der Waals surface area contributed by atoms with Gasteiger partial charge in [-0.25, -0.2) is 8.42 Å². The van der Waals surface area contributed by atoms with Crippen LogP contribution in [0, 0.1) is 0 Å². The number of rotatable bonds is 5. The van der Waals surface area contributed by atoms with Crippen LogP contribution >= 0.6 is 0 Å². The Morgan fingerprint density at radius 2 is 2.20 bits per heavy atom. The third-order valence-electron chi connectivity index (χ3n) is 2.85. The van der Waals surface area contributed by atoms with Crippen molar-refractivity contribution in [3.63, 3.8) is 0 Å². The fourth-order valence-corrected chi connectivity index (χ4v) is 2.83. The van der Waals surface area contributed by atoms with Crippen molar-refractivity contribution in [2.24, 2.45) is 0 Å². The van der Waals surface area contributed by atoms with Crippen molar-refractivity contribution in [2.45, 2.75) is 18.2 Å². The minimum Gasteiger partial charge on any atom is -0.495 e. The number of ether oxygens (including phenoxy) is 1. The van der Waals surface area contributed by atoms with E-state index < -0.39 is 10.0 Å². The fraction of sp³-hybridized carbons (Fsp3) is 0.250. The summed E-state index contributed by atoms with van der Waals surface area (Å²) in [6.45, 7) is 1.91. The molecule has 1 aromatic carbocycles. The lowest BCUT2D eigenvalue weighted by Crippen LogP contribution is -2.14. The summed E-state index contributed by atoms with van der Waals surface area (Å²) in [5, 5.41) is 6.44. The van der Waals surface area contributed by atoms with Crippen molar-refractivity contribution < 1.29 is 13.2 Å². The van der Waals surface area contributed by atoms with E-state index >= 15 is 0 Å². The zero-order valence-electron chi connectivity index (χ0n) is 11.2. The molecule has 108 valence electrons. The van der Waals surface area contributed by atoms with Gasteiger partial charge in [-0.1, -0.05) is 6.92 Å². The van der Waals surface area contributed by atoms with E-state index in [2.05, 4.69) is 14.9 Å². The fourth-order valence-electron chi connectivity index (χ4n) is 1.74. The molecule has 0 fully saturated rings. The maximum Gasteiger partial charge on any atom is 0.263 e. The van der Waals surface area contributed by atoms with Crippen LogP contribution in [0.5, 0.6) is 5.75 Å². The van der Waals surface area contributed by atoms with Crippen molar-refractivity contribution >= 4 is 21.5 Å². The third kappa shape index (κ3) is 2.69. The average molecular weight is 296 g/mol. The van der Waals surface area contributed by atoms with Gasteiger partial charge in [-0.3, -0.25) is 9.82 Å². The third-order valence-corrected chi connectivity index (χ3v) is 4.19. The molecule has 2 rings (SSSR count). The van der Waals surface area contributed by atoms with E-state index in [9.17, 15) is 8.42 Å². The van der Waals surface area contributed by atoms with Gasteiger partial charge in [-0.15, -0.1) is 0 Å². The number of benzene rings is 1. The molecule has 0 aliphatic carbocycles. The molecule has 1 aromatic heterocycles. The summed E-state index contributed by atoms with van der Waals surface area (Å²) in [5.74, 6) is 0.793. The summed E-state index contributed by atoms with van der Waals surface area (Å²) in [6.07, 6.45) is 2.25. The maximum atomic E-state index is 12.3. The molecule has 0 saturated carbocycles. The van der Waals surface area contributed by atoms with Gasteiger partial charge in [0.05, 0.1) is 23.9 Å². The Kier molecular flexibility index (Phi) is 3.84. The molecule has 0 radical (unpaired) electrons. The van der Waals surface area contributed by atoms with Gasteiger partial charge in [-0.05, 0) is 24.6 Å². The molecule has 0 unspecified atom stereocenters. The monoisotopic (exact) mass is 296 g/mol. The van der Waals surface area contributed by atoms with Crippen LogP contribution in [0.2, 0.25) is 0 Å². The topological polar surface area (TPSA) is 110 Å². The number of nitrogen functional groups attached to an aromatic ring is 1. The molecule has 0 spiro atoms. The zero-order chi connectivity index (χ0) is 14.8. The number of hydrogen-bond acceptors (Lipinski definition) is 5. The Hall–Kier alpha value is -2.22. The number of aryl methyl sites for hydroxylation is 1. The molecule has 7 nitrogen and oxygen atoms in total. The predicted molar refractivity (Wildman–Crippen MR) is 76.2 cm³/mol. The lowest BCUT2D eigenvalue weighted by molar-refractivity contribution is 0.416. The number of aromatic nitrogens is 2. The SMILES string of the molecule is CCc1cn[nH]c1NS(=O)(=O)c1ccc(OC)c(N)c1. The largest absolute Gasteiger partial charge is 0.495 e. The summed E-state index contributed by atoms with van der Waals surface area (Å²) in [4.78, 5) is 0.0625. The molecule has 0 bridgehead atoms. The van der Waals surface area contributed by atoms with Gasteiger partial charge in [0.15, 0.2) is 0 Å². The Labute approximate surface area is 117 Å². The minimum absolute atomic E-state index is 0.0625. The molecule has 2 aromatic rings. The molecule has 0 amide bonds. The van der Waals surface area contributed by atoms with E-state index in [1.165, 1.54) is 25.3 Å². The number of hydrogen-bond donors (Lipinski definition) is 3. The Morgan fingerprint density at radius 1 is 1.45 bits per heavy atom. The van der Waals surface area contributed by atoms with Crippen LogP contribution in [0.3, 0.4) is 0 Å². The Bertz CT molecular complexity index is 709. The van der Waals surface area contributed by atoms with E-state index in [0.29, 0.717) is 18.0 Å². The van der Waals surface area contributed by atoms with Gasteiger partial charge in [-0.2, -0.15) is 5.10 Å². The van der Waals surface area contributed by atoms with E-state index in [-0.39, 0.29) is 10.6 Å². The molecule has 0 saturated heterocycles. The average Bonchev–Trinajstić information content (AvgIpc) is 2.85. The number of nitrogens with one attached hydrogen (secondary N) is 2. The first-order chi connectivity index (χ1) is 9.47. The normalized spacial score (nSPS) is 11.3. The van der Waals surface area contributed by atoms with Crippen molar-refractivity contribution in [1.82, 2.24) is 10.2 Å². The highest BCUT2D eigenvalue weighted by atomic mass is 32.2. The number of methoxy groups -OCH3 is 1. The molecule has 4 N–H and O–H groups in total. The van der Waals surface area contributed by atoms with E-state index in [1.807, 2.05) is 6.92 Å². The second kappa shape index (κ2) is 5.41. The summed E-state index contributed by atoms with van der Waals surface area (Å²) >= 11 is 0. The predicted octanol–water partition coefficient (Wildman–Crippen LogP) is 1.36. The van der Waals surface area contributed by atoms with E-state index in [1.54, 1.807) is 6.20 Å². The lowest BCUT2D eigenvalue weighted by Gasteiger charge is -2.10. The summed E-state index contributed by atoms with van der Waals surface area (Å²) in [6, 6.07) is 4.29. The quantitative estimate of drug-likeness (QED) is 0.722. The summed E-state index contributed by atoms with van der Waals surface area (Å²) in [7, 11) is -2.25. The minimum atomic E-state index is -3.72. The van der Waals surface area contributed by atoms with Crippen LogP contribution in [0.15, 0.2) is 29.3 Å². The van der Waals surface area contributed by atoms with Gasteiger partial charge >= 0.3 is 0 Å². The number of anilines is 2. The second-order valence-electron chi connectivity index (χ2n) is 4.13. The van der Waals surface area contributed by atoms with Gasteiger partial charge in [0.25, 0.3) is 10.0 Å². The summed E-state index contributed by atoms with van der Waals surface area (Å²) < 4.78 is 32.0. The molecule has 8 heteroatoms. The highest BCUT2D eigenvalue weighted by molar-refractivity contribution is 7.92. The summed E-state index contributed by atoms with van der Waals surface area (Å²) in [5.41, 5.74) is 6.77. The van der Waals surface area contributed by atoms with Crippen LogP contribution in [-0.2, 0) is 16.4 Å². The van der Waals surface area contributed by atoms with Crippen LogP contribution in [0.1, 0.15) is 12.5 Å². The number of sulfonamides is 1. The van der Waals surface area contributed by atoms with Crippen LogP contribution in [0.4, 0.5) is 11.5 Å². The smallest absolute Gasteiger partial charge is 0.263 e. The molecule has 20 heavy (non-hydrogen) atoms. The van der Waals surface area contributed by atoms with Crippen LogP contribution in [-0.4, -0.2) is 25.7 Å². The number of nitrogens with zero attached hydrogens (tertiary/aromatic N) is 1. The molecule has 0 atom stereocenters. The zero-order valence-corrected chi connectivity index (χ0v) is 12.0. The number of nitrogens with two attached hydrogens (primary N) is 1. The van der Waals surface area contributed by atoms with Crippen molar-refractivity contribution in [3.8, 4) is 5.75 Å². The van der Waals surface area contributed by atoms with Gasteiger partial charge in [0.2, 0.25) is 0 Å². The van der Waals surface area contributed by atoms with Crippen LogP contribution in [0.25, 0.3) is 0 Å². The number of aromatic amines is 1. The highest BCUT2D eigenvalue weighted by Gasteiger charge is 2.18. The molecule has 0 aliphatic heterocycles. The van der Waals surface area contributed by atoms with E-state index in [4.69, 9.17) is 10.5 Å². The van der Waals surface area contributed by atoms with Gasteiger partial charge < -0.3 is 10.5 Å². The van der Waals surface area contributed by atoms with Crippen molar-refractivity contribution in [2.75, 3.05) is 17.6 Å². The molecule has 0 aliphatic rings. The number of H-pyrrole nitrogens is 1. The Morgan fingerprint density at radius 3 is 2.80 bits per heavy atom. The molecular formula is C12H16N4O3S. The van der Waals surface area contributed by atoms with Crippen molar-refractivity contribution in [1.29, 1.82) is 0 Å². The first-order valence-corrected chi connectivity index (χ1v) is 7.44. The van der Waals surface area contributed by atoms with E-state index in [0.717, 1.165) is 5.56 Å².